The Morgan fingerprint density at radius 3 is 2.42 bits per heavy atom. The molecule has 2 amide bonds. The molecule has 0 N–H and O–H groups in total. The van der Waals surface area contributed by atoms with Gasteiger partial charge in [-0.15, -0.1) is 0 Å². The summed E-state index contributed by atoms with van der Waals surface area (Å²) in [5, 5.41) is 0. The predicted octanol–water partition coefficient (Wildman–Crippen LogP) is 0.827. The highest BCUT2D eigenvalue weighted by molar-refractivity contribution is 6.03. The maximum Gasteiger partial charge on any atom is 0.232 e. The summed E-state index contributed by atoms with van der Waals surface area (Å²) in [4.78, 5) is 35.8. The summed E-state index contributed by atoms with van der Waals surface area (Å²) < 4.78 is 0.721. The second-order valence-corrected chi connectivity index (χ2v) is 6.18. The summed E-state index contributed by atoms with van der Waals surface area (Å²) in [6, 6.07) is 0. The molecule has 0 aromatic heterocycles. The zero-order chi connectivity index (χ0) is 14.6. The molecule has 0 saturated carbocycles. The molecular weight excluding hydrogens is 244 g/mol. The van der Waals surface area contributed by atoms with Gasteiger partial charge in [-0.3, -0.25) is 14.5 Å². The Morgan fingerprint density at radius 2 is 1.95 bits per heavy atom. The molecular formula is C14H25N2O3+. The maximum absolute atomic E-state index is 11.8. The summed E-state index contributed by atoms with van der Waals surface area (Å²) in [5.74, 6) is -0.0606. The van der Waals surface area contributed by atoms with Crippen molar-refractivity contribution >= 4 is 17.6 Å². The molecule has 5 heteroatoms. The monoisotopic (exact) mass is 269 g/mol. The summed E-state index contributed by atoms with van der Waals surface area (Å²) in [7, 11) is 4.13. The van der Waals surface area contributed by atoms with E-state index in [4.69, 9.17) is 0 Å². The lowest BCUT2D eigenvalue weighted by atomic mass is 10.1. The minimum atomic E-state index is -0.166. The Kier molecular flexibility index (Phi) is 5.23. The van der Waals surface area contributed by atoms with Crippen LogP contribution in [0, 0.1) is 5.92 Å². The Balaban J connectivity index is 2.40. The first-order valence-corrected chi connectivity index (χ1v) is 6.88. The molecule has 1 fully saturated rings. The van der Waals surface area contributed by atoms with Crippen molar-refractivity contribution in [3.8, 4) is 0 Å². The van der Waals surface area contributed by atoms with Gasteiger partial charge in [-0.25, -0.2) is 0 Å². The molecule has 19 heavy (non-hydrogen) atoms. The molecule has 0 spiro atoms. The van der Waals surface area contributed by atoms with E-state index in [2.05, 4.69) is 14.1 Å². The number of ketones is 1. The minimum absolute atomic E-state index is 0.0475. The number of likely N-dealkylation sites (N-methyl/N-ethyl adjacent to an activating group) is 1. The SMILES string of the molecule is CC(=O)CCC[N+](C)(C)CCN1C(=O)CC(C)C1=O. The van der Waals surface area contributed by atoms with Crippen molar-refractivity contribution in [3.05, 3.63) is 0 Å². The van der Waals surface area contributed by atoms with Crippen molar-refractivity contribution in [2.45, 2.75) is 33.1 Å². The number of likely N-dealkylation sites (tertiary alicyclic amines) is 1. The lowest BCUT2D eigenvalue weighted by Gasteiger charge is -2.31. The number of hydrogen-bond acceptors (Lipinski definition) is 3. The predicted molar refractivity (Wildman–Crippen MR) is 72.3 cm³/mol. The second-order valence-electron chi connectivity index (χ2n) is 6.18. The van der Waals surface area contributed by atoms with Crippen LogP contribution < -0.4 is 0 Å². The summed E-state index contributed by atoms with van der Waals surface area (Å²) >= 11 is 0. The average molecular weight is 269 g/mol. The standard InChI is InChI=1S/C14H25N2O3/c1-11-10-13(18)15(14(11)19)7-9-16(3,4)8-5-6-12(2)17/h11H,5-10H2,1-4H3/q+1. The van der Waals surface area contributed by atoms with Gasteiger partial charge < -0.3 is 9.28 Å². The largest absolute Gasteiger partial charge is 0.327 e. The van der Waals surface area contributed by atoms with Gasteiger partial charge in [0.05, 0.1) is 33.7 Å². The van der Waals surface area contributed by atoms with E-state index in [1.54, 1.807) is 13.8 Å². The summed E-state index contributed by atoms with van der Waals surface area (Å²) in [5.41, 5.74) is 0. The number of hydrogen-bond donors (Lipinski definition) is 0. The van der Waals surface area contributed by atoms with Crippen LogP contribution in [0.1, 0.15) is 33.1 Å². The molecule has 108 valence electrons. The molecule has 1 saturated heterocycles. The molecule has 5 nitrogen and oxygen atoms in total. The van der Waals surface area contributed by atoms with Gasteiger partial charge in [-0.05, 0) is 6.92 Å². The van der Waals surface area contributed by atoms with E-state index in [1.807, 2.05) is 0 Å². The molecule has 0 aromatic carbocycles. The Hall–Kier alpha value is -1.23. The number of rotatable bonds is 7. The topological polar surface area (TPSA) is 54.5 Å². The van der Waals surface area contributed by atoms with Gasteiger partial charge >= 0.3 is 0 Å². The normalized spacial score (nSPS) is 20.2. The van der Waals surface area contributed by atoms with E-state index >= 15 is 0 Å². The highest BCUT2D eigenvalue weighted by Gasteiger charge is 2.36. The van der Waals surface area contributed by atoms with Gasteiger partial charge in [0.25, 0.3) is 0 Å². The number of amides is 2. The third kappa shape index (κ3) is 4.74. The van der Waals surface area contributed by atoms with Crippen molar-refractivity contribution in [3.63, 3.8) is 0 Å². The average Bonchev–Trinajstić information content (AvgIpc) is 2.50. The van der Waals surface area contributed by atoms with Crippen LogP contribution in [0.5, 0.6) is 0 Å². The van der Waals surface area contributed by atoms with Crippen LogP contribution >= 0.6 is 0 Å². The minimum Gasteiger partial charge on any atom is -0.327 e. The van der Waals surface area contributed by atoms with Crippen LogP contribution in [0.15, 0.2) is 0 Å². The first kappa shape index (κ1) is 15.8. The first-order valence-electron chi connectivity index (χ1n) is 6.88. The lowest BCUT2D eigenvalue weighted by molar-refractivity contribution is -0.889. The van der Waals surface area contributed by atoms with Crippen molar-refractivity contribution in [1.82, 2.24) is 4.90 Å². The number of quaternary nitrogens is 1. The molecule has 1 aliphatic rings. The molecule has 1 aliphatic heterocycles. The first-order chi connectivity index (χ1) is 8.73. The third-order valence-corrected chi connectivity index (χ3v) is 3.69. The van der Waals surface area contributed by atoms with Crippen LogP contribution in [0.2, 0.25) is 0 Å². The van der Waals surface area contributed by atoms with Gasteiger partial charge in [0, 0.05) is 25.2 Å². The van der Waals surface area contributed by atoms with Gasteiger partial charge in [-0.1, -0.05) is 6.92 Å². The fourth-order valence-electron chi connectivity index (χ4n) is 2.32. The Morgan fingerprint density at radius 1 is 1.32 bits per heavy atom. The number of carbonyl (C=O) groups excluding carboxylic acids is 3. The van der Waals surface area contributed by atoms with Crippen molar-refractivity contribution in [2.75, 3.05) is 33.7 Å². The fourth-order valence-corrected chi connectivity index (χ4v) is 2.32. The van der Waals surface area contributed by atoms with Crippen molar-refractivity contribution < 1.29 is 18.9 Å². The smallest absolute Gasteiger partial charge is 0.232 e. The Bertz CT molecular complexity index is 377. The number of carbonyl (C=O) groups is 3. The third-order valence-electron chi connectivity index (χ3n) is 3.69. The summed E-state index contributed by atoms with van der Waals surface area (Å²) in [6.45, 7) is 5.50. The second kappa shape index (κ2) is 6.28. The lowest BCUT2D eigenvalue weighted by Crippen LogP contribution is -2.47. The van der Waals surface area contributed by atoms with E-state index in [0.717, 1.165) is 24.0 Å². The zero-order valence-electron chi connectivity index (χ0n) is 12.4. The molecule has 0 aliphatic carbocycles. The number of Topliss-reactive ketones (excluding diaryl/α,β-unsaturated/α-hetero) is 1. The van der Waals surface area contributed by atoms with Crippen molar-refractivity contribution in [1.29, 1.82) is 0 Å². The molecule has 0 bridgehead atoms. The zero-order valence-corrected chi connectivity index (χ0v) is 12.4. The van der Waals surface area contributed by atoms with Crippen LogP contribution in [0.3, 0.4) is 0 Å². The highest BCUT2D eigenvalue weighted by atomic mass is 16.2. The van der Waals surface area contributed by atoms with Gasteiger partial charge in [0.15, 0.2) is 0 Å². The molecule has 1 rings (SSSR count). The van der Waals surface area contributed by atoms with E-state index in [-0.39, 0.29) is 23.5 Å². The fraction of sp³-hybridized carbons (Fsp3) is 0.786. The molecule has 0 aromatic rings. The molecule has 1 unspecified atom stereocenters. The Labute approximate surface area is 115 Å². The van der Waals surface area contributed by atoms with Crippen LogP contribution in [-0.4, -0.2) is 60.7 Å². The number of nitrogens with zero attached hydrogens (tertiary/aromatic N) is 2. The van der Waals surface area contributed by atoms with E-state index < -0.39 is 0 Å². The van der Waals surface area contributed by atoms with Crippen LogP contribution in [-0.2, 0) is 14.4 Å². The number of imide groups is 1. The highest BCUT2D eigenvalue weighted by Crippen LogP contribution is 2.18. The van der Waals surface area contributed by atoms with Gasteiger partial charge in [-0.2, -0.15) is 0 Å². The summed E-state index contributed by atoms with van der Waals surface area (Å²) in [6.07, 6.45) is 1.79. The molecule has 1 heterocycles. The van der Waals surface area contributed by atoms with E-state index in [0.29, 0.717) is 19.4 Å². The van der Waals surface area contributed by atoms with Crippen molar-refractivity contribution in [2.24, 2.45) is 5.92 Å². The quantitative estimate of drug-likeness (QED) is 0.508. The molecule has 1 atom stereocenters. The van der Waals surface area contributed by atoms with E-state index in [1.165, 1.54) is 4.90 Å². The van der Waals surface area contributed by atoms with E-state index in [9.17, 15) is 14.4 Å². The van der Waals surface area contributed by atoms with Gasteiger partial charge in [0.1, 0.15) is 5.78 Å². The van der Waals surface area contributed by atoms with Crippen LogP contribution in [0.25, 0.3) is 0 Å². The van der Waals surface area contributed by atoms with Crippen LogP contribution in [0.4, 0.5) is 0 Å². The maximum atomic E-state index is 11.8. The molecule has 0 radical (unpaired) electrons. The van der Waals surface area contributed by atoms with Gasteiger partial charge in [0.2, 0.25) is 11.8 Å².